The van der Waals surface area contributed by atoms with Gasteiger partial charge >= 0.3 is 0 Å². The van der Waals surface area contributed by atoms with Gasteiger partial charge in [-0.15, -0.1) is 0 Å². The predicted molar refractivity (Wildman–Crippen MR) is 131 cm³/mol. The maximum Gasteiger partial charge on any atom is 0.269 e. The third kappa shape index (κ3) is 5.10. The number of rotatable bonds is 6. The van der Waals surface area contributed by atoms with E-state index < -0.39 is 15.9 Å². The van der Waals surface area contributed by atoms with E-state index in [0.717, 1.165) is 27.6 Å². The van der Waals surface area contributed by atoms with Crippen LogP contribution in [0.4, 0.5) is 5.69 Å². The van der Waals surface area contributed by atoms with E-state index in [-0.39, 0.29) is 22.8 Å². The Kier molecular flexibility index (Phi) is 6.38. The van der Waals surface area contributed by atoms with Gasteiger partial charge < -0.3 is 4.98 Å². The first-order valence-electron chi connectivity index (χ1n) is 10.6. The molecule has 0 aliphatic heterocycles. The number of carbonyl (C=O) groups is 2. The Bertz CT molecular complexity index is 1470. The second-order valence-corrected chi connectivity index (χ2v) is 9.65. The minimum atomic E-state index is -3.76. The third-order valence-corrected chi connectivity index (χ3v) is 6.91. The van der Waals surface area contributed by atoms with Crippen LogP contribution in [0.2, 0.25) is 0 Å². The second kappa shape index (κ2) is 9.40. The maximum atomic E-state index is 12.6. The highest BCUT2D eigenvalue weighted by atomic mass is 32.2. The zero-order valence-electron chi connectivity index (χ0n) is 18.7. The monoisotopic (exact) mass is 476 g/mol. The molecule has 34 heavy (non-hydrogen) atoms. The number of aromatic nitrogens is 1. The number of hydrazine groups is 1. The molecule has 0 aliphatic rings. The molecule has 0 atom stereocenters. The van der Waals surface area contributed by atoms with E-state index in [1.165, 1.54) is 24.3 Å². The third-order valence-electron chi connectivity index (χ3n) is 5.53. The molecule has 0 fully saturated rings. The van der Waals surface area contributed by atoms with Gasteiger partial charge in [0, 0.05) is 28.4 Å². The smallest absolute Gasteiger partial charge is 0.269 e. The first kappa shape index (κ1) is 23.1. The molecule has 0 radical (unpaired) electrons. The van der Waals surface area contributed by atoms with Gasteiger partial charge in [-0.05, 0) is 73.0 Å². The number of carbonyl (C=O) groups excluding carboxylic acids is 2. The Morgan fingerprint density at radius 3 is 2.35 bits per heavy atom. The van der Waals surface area contributed by atoms with Crippen molar-refractivity contribution < 1.29 is 18.0 Å². The average Bonchev–Trinajstić information content (AvgIpc) is 3.22. The number of nitrogens with one attached hydrogen (secondary N) is 4. The van der Waals surface area contributed by atoms with Gasteiger partial charge in [0.1, 0.15) is 0 Å². The molecule has 4 rings (SSSR count). The molecule has 0 saturated carbocycles. The number of aryl methyl sites for hydroxylation is 2. The number of hydrogen-bond acceptors (Lipinski definition) is 4. The zero-order chi connectivity index (χ0) is 24.3. The van der Waals surface area contributed by atoms with Crippen molar-refractivity contribution in [3.05, 3.63) is 95.2 Å². The summed E-state index contributed by atoms with van der Waals surface area (Å²) < 4.78 is 27.8. The maximum absolute atomic E-state index is 12.6. The number of H-pyrrole nitrogens is 1. The summed E-state index contributed by atoms with van der Waals surface area (Å²) in [4.78, 5) is 27.9. The number of aromatic amines is 1. The standard InChI is InChI=1S/C25H24N4O4S/c1-16-7-12-21(13-17(16)2)34(32,33)29-20-10-8-18(9-11-20)25(31)28-27-24(30)14-19-15-26-23-6-4-3-5-22(19)23/h3-13,15,26,29H,14H2,1-2H3,(H,27,30)(H,28,31). The molecule has 8 nitrogen and oxygen atoms in total. The van der Waals surface area contributed by atoms with E-state index >= 15 is 0 Å². The summed E-state index contributed by atoms with van der Waals surface area (Å²) in [7, 11) is -3.76. The topological polar surface area (TPSA) is 120 Å². The predicted octanol–water partition coefficient (Wildman–Crippen LogP) is 3.59. The van der Waals surface area contributed by atoms with Crippen molar-refractivity contribution in [1.29, 1.82) is 0 Å². The number of benzene rings is 3. The van der Waals surface area contributed by atoms with Gasteiger partial charge in [-0.2, -0.15) is 0 Å². The van der Waals surface area contributed by atoms with Crippen molar-refractivity contribution in [2.24, 2.45) is 0 Å². The number of hydrogen-bond donors (Lipinski definition) is 4. The summed E-state index contributed by atoms with van der Waals surface area (Å²) in [5, 5.41) is 0.947. The fourth-order valence-corrected chi connectivity index (χ4v) is 4.62. The van der Waals surface area contributed by atoms with Crippen LogP contribution < -0.4 is 15.6 Å². The molecule has 4 aromatic rings. The Balaban J connectivity index is 1.34. The van der Waals surface area contributed by atoms with E-state index in [0.29, 0.717) is 5.69 Å². The van der Waals surface area contributed by atoms with Crippen molar-refractivity contribution in [3.8, 4) is 0 Å². The van der Waals surface area contributed by atoms with E-state index in [9.17, 15) is 18.0 Å². The molecule has 174 valence electrons. The Morgan fingerprint density at radius 2 is 1.62 bits per heavy atom. The van der Waals surface area contributed by atoms with Crippen LogP contribution in [0.15, 0.2) is 77.8 Å². The molecule has 4 N–H and O–H groups in total. The first-order chi connectivity index (χ1) is 16.2. The molecule has 9 heteroatoms. The van der Waals surface area contributed by atoms with E-state index in [1.54, 1.807) is 24.4 Å². The van der Waals surface area contributed by atoms with Crippen LogP contribution in [-0.4, -0.2) is 25.2 Å². The lowest BCUT2D eigenvalue weighted by Crippen LogP contribution is -2.42. The highest BCUT2D eigenvalue weighted by Crippen LogP contribution is 2.20. The Labute approximate surface area is 197 Å². The van der Waals surface area contributed by atoms with Crippen LogP contribution in [0.25, 0.3) is 10.9 Å². The van der Waals surface area contributed by atoms with E-state index in [2.05, 4.69) is 20.6 Å². The zero-order valence-corrected chi connectivity index (χ0v) is 19.5. The number of anilines is 1. The molecule has 2 amide bonds. The van der Waals surface area contributed by atoms with Gasteiger partial charge in [0.2, 0.25) is 5.91 Å². The summed E-state index contributed by atoms with van der Waals surface area (Å²) in [6, 6.07) is 18.5. The van der Waals surface area contributed by atoms with Gasteiger partial charge in [0.15, 0.2) is 0 Å². The lowest BCUT2D eigenvalue weighted by molar-refractivity contribution is -0.121. The van der Waals surface area contributed by atoms with Crippen LogP contribution in [0, 0.1) is 13.8 Å². The summed E-state index contributed by atoms with van der Waals surface area (Å²) in [6.07, 6.45) is 1.87. The van der Waals surface area contributed by atoms with Crippen LogP contribution in [-0.2, 0) is 21.2 Å². The van der Waals surface area contributed by atoms with Gasteiger partial charge in [-0.25, -0.2) is 8.42 Å². The number of para-hydroxylation sites is 1. The molecular formula is C25H24N4O4S. The van der Waals surface area contributed by atoms with Crippen molar-refractivity contribution in [2.75, 3.05) is 4.72 Å². The van der Waals surface area contributed by atoms with Gasteiger partial charge in [0.25, 0.3) is 15.9 Å². The van der Waals surface area contributed by atoms with Crippen molar-refractivity contribution in [1.82, 2.24) is 15.8 Å². The minimum absolute atomic E-state index is 0.101. The summed E-state index contributed by atoms with van der Waals surface area (Å²) in [6.45, 7) is 3.76. The molecule has 3 aromatic carbocycles. The fourth-order valence-electron chi connectivity index (χ4n) is 3.48. The molecule has 0 bridgehead atoms. The Hall–Kier alpha value is -4.11. The van der Waals surface area contributed by atoms with Crippen molar-refractivity contribution in [2.45, 2.75) is 25.2 Å². The second-order valence-electron chi connectivity index (χ2n) is 7.97. The average molecular weight is 477 g/mol. The number of amides is 2. The Morgan fingerprint density at radius 1 is 0.882 bits per heavy atom. The molecule has 1 heterocycles. The number of fused-ring (bicyclic) bond motifs is 1. The van der Waals surface area contributed by atoms with Crippen molar-refractivity contribution >= 4 is 38.4 Å². The lowest BCUT2D eigenvalue weighted by Gasteiger charge is -2.11. The molecule has 0 spiro atoms. The van der Waals surface area contributed by atoms with Crippen LogP contribution in [0.1, 0.15) is 27.0 Å². The van der Waals surface area contributed by atoms with Gasteiger partial charge in [-0.1, -0.05) is 24.3 Å². The van der Waals surface area contributed by atoms with Crippen molar-refractivity contribution in [3.63, 3.8) is 0 Å². The summed E-state index contributed by atoms with van der Waals surface area (Å²) >= 11 is 0. The molecule has 1 aromatic heterocycles. The molecular weight excluding hydrogens is 452 g/mol. The summed E-state index contributed by atoms with van der Waals surface area (Å²) in [5.74, 6) is -0.883. The molecule has 0 aliphatic carbocycles. The highest BCUT2D eigenvalue weighted by molar-refractivity contribution is 7.92. The van der Waals surface area contributed by atoms with Crippen LogP contribution in [0.3, 0.4) is 0 Å². The fraction of sp³-hybridized carbons (Fsp3) is 0.120. The van der Waals surface area contributed by atoms with E-state index in [4.69, 9.17) is 0 Å². The quantitative estimate of drug-likeness (QED) is 0.318. The molecule has 0 unspecified atom stereocenters. The minimum Gasteiger partial charge on any atom is -0.361 e. The van der Waals surface area contributed by atoms with Crippen LogP contribution in [0.5, 0.6) is 0 Å². The summed E-state index contributed by atoms with van der Waals surface area (Å²) in [5.41, 5.74) is 9.00. The largest absolute Gasteiger partial charge is 0.361 e. The van der Waals surface area contributed by atoms with E-state index in [1.807, 2.05) is 38.1 Å². The molecule has 0 saturated heterocycles. The van der Waals surface area contributed by atoms with Crippen LogP contribution >= 0.6 is 0 Å². The number of sulfonamides is 1. The first-order valence-corrected chi connectivity index (χ1v) is 12.1. The highest BCUT2D eigenvalue weighted by Gasteiger charge is 2.16. The SMILES string of the molecule is Cc1ccc(S(=O)(=O)Nc2ccc(C(=O)NNC(=O)Cc3c[nH]c4ccccc34)cc2)cc1C. The van der Waals surface area contributed by atoms with Gasteiger partial charge in [-0.3, -0.25) is 25.2 Å². The normalized spacial score (nSPS) is 11.2. The van der Waals surface area contributed by atoms with Gasteiger partial charge in [0.05, 0.1) is 11.3 Å². The lowest BCUT2D eigenvalue weighted by atomic mass is 10.1.